The lowest BCUT2D eigenvalue weighted by atomic mass is 9.96. The summed E-state index contributed by atoms with van der Waals surface area (Å²) in [5.74, 6) is -0.187. The molecule has 0 aliphatic carbocycles. The molecule has 0 aromatic carbocycles. The first-order chi connectivity index (χ1) is 8.60. The number of methoxy groups -OCH3 is 1. The lowest BCUT2D eigenvalue weighted by molar-refractivity contribution is -0.145. The lowest BCUT2D eigenvalue weighted by Crippen LogP contribution is -2.47. The van der Waals surface area contributed by atoms with Crippen LogP contribution in [0.3, 0.4) is 0 Å². The van der Waals surface area contributed by atoms with Crippen molar-refractivity contribution in [1.29, 1.82) is 0 Å². The fourth-order valence-electron chi connectivity index (χ4n) is 2.44. The minimum atomic E-state index is -0.244. The summed E-state index contributed by atoms with van der Waals surface area (Å²) in [4.78, 5) is 25.5. The van der Waals surface area contributed by atoms with E-state index in [0.717, 1.165) is 25.8 Å². The Balaban J connectivity index is 2.63. The summed E-state index contributed by atoms with van der Waals surface area (Å²) < 4.78 is 4.69. The maximum atomic E-state index is 12.3. The van der Waals surface area contributed by atoms with Crippen LogP contribution in [0.1, 0.15) is 39.0 Å². The third-order valence-electron chi connectivity index (χ3n) is 3.56. The summed E-state index contributed by atoms with van der Waals surface area (Å²) in [6.45, 7) is 3.16. The molecule has 0 bridgehead atoms. The van der Waals surface area contributed by atoms with E-state index in [4.69, 9.17) is 10.5 Å². The Bertz CT molecular complexity index is 294. The molecule has 1 saturated heterocycles. The van der Waals surface area contributed by atoms with Gasteiger partial charge in [-0.05, 0) is 32.2 Å². The minimum absolute atomic E-state index is 0.000996. The van der Waals surface area contributed by atoms with Crippen molar-refractivity contribution >= 4 is 11.9 Å². The summed E-state index contributed by atoms with van der Waals surface area (Å²) in [7, 11) is 1.38. The maximum absolute atomic E-state index is 12.3. The molecular weight excluding hydrogens is 232 g/mol. The predicted octanol–water partition coefficient (Wildman–Crippen LogP) is 0.915. The van der Waals surface area contributed by atoms with Gasteiger partial charge in [-0.25, -0.2) is 0 Å². The third kappa shape index (κ3) is 3.98. The number of hydrogen-bond donors (Lipinski definition) is 1. The number of carbonyl (C=O) groups is 2. The van der Waals surface area contributed by atoms with Crippen molar-refractivity contribution in [1.82, 2.24) is 4.90 Å². The van der Waals surface area contributed by atoms with Gasteiger partial charge < -0.3 is 15.4 Å². The summed E-state index contributed by atoms with van der Waals surface area (Å²) in [5.41, 5.74) is 5.49. The van der Waals surface area contributed by atoms with Crippen molar-refractivity contribution < 1.29 is 14.3 Å². The molecule has 104 valence electrons. The summed E-state index contributed by atoms with van der Waals surface area (Å²) >= 11 is 0. The van der Waals surface area contributed by atoms with Crippen molar-refractivity contribution in [2.24, 2.45) is 11.7 Å². The zero-order valence-corrected chi connectivity index (χ0v) is 11.4. The molecule has 1 fully saturated rings. The van der Waals surface area contributed by atoms with Crippen molar-refractivity contribution in [3.05, 3.63) is 0 Å². The fourth-order valence-corrected chi connectivity index (χ4v) is 2.44. The van der Waals surface area contributed by atoms with Gasteiger partial charge in [0.15, 0.2) is 0 Å². The minimum Gasteiger partial charge on any atom is -0.469 e. The van der Waals surface area contributed by atoms with Gasteiger partial charge in [-0.3, -0.25) is 9.59 Å². The first-order valence-electron chi connectivity index (χ1n) is 6.67. The number of esters is 1. The quantitative estimate of drug-likeness (QED) is 0.742. The molecule has 0 aromatic rings. The van der Waals surface area contributed by atoms with Gasteiger partial charge in [-0.1, -0.05) is 6.92 Å². The molecule has 2 unspecified atom stereocenters. The van der Waals surface area contributed by atoms with E-state index in [0.29, 0.717) is 19.4 Å². The second-order valence-electron chi connectivity index (χ2n) is 4.94. The van der Waals surface area contributed by atoms with Gasteiger partial charge in [-0.2, -0.15) is 0 Å². The Hall–Kier alpha value is -1.10. The molecule has 1 heterocycles. The molecule has 0 saturated carbocycles. The van der Waals surface area contributed by atoms with Crippen molar-refractivity contribution in [3.63, 3.8) is 0 Å². The normalized spacial score (nSPS) is 21.5. The van der Waals surface area contributed by atoms with Crippen LogP contribution < -0.4 is 5.73 Å². The van der Waals surface area contributed by atoms with Crippen LogP contribution in [0.2, 0.25) is 0 Å². The Kier molecular flexibility index (Phi) is 6.12. The first kappa shape index (κ1) is 15.0. The topological polar surface area (TPSA) is 72.6 Å². The van der Waals surface area contributed by atoms with Gasteiger partial charge in [0.2, 0.25) is 5.91 Å². The molecule has 2 N–H and O–H groups in total. The summed E-state index contributed by atoms with van der Waals surface area (Å²) in [5, 5.41) is 0. The number of piperidine rings is 1. The molecule has 0 aromatic heterocycles. The molecule has 1 aliphatic rings. The molecule has 1 aliphatic heterocycles. The number of carbonyl (C=O) groups excluding carboxylic acids is 2. The van der Waals surface area contributed by atoms with Crippen LogP contribution in [-0.2, 0) is 14.3 Å². The van der Waals surface area contributed by atoms with Crippen LogP contribution in [0.25, 0.3) is 0 Å². The monoisotopic (exact) mass is 256 g/mol. The highest BCUT2D eigenvalue weighted by molar-refractivity contribution is 5.80. The number of amides is 1. The Morgan fingerprint density at radius 1 is 1.44 bits per heavy atom. The van der Waals surface area contributed by atoms with Crippen LogP contribution >= 0.6 is 0 Å². The molecular formula is C13H24N2O3. The maximum Gasteiger partial charge on any atom is 0.307 e. The molecule has 5 heteroatoms. The second kappa shape index (κ2) is 7.36. The standard InChI is InChI=1S/C13H24N2O3/c1-10(6-7-14)13(17)15-8-4-3-5-11(15)9-12(16)18-2/h10-11H,3-9,14H2,1-2H3. The van der Waals surface area contributed by atoms with E-state index in [9.17, 15) is 9.59 Å². The van der Waals surface area contributed by atoms with E-state index < -0.39 is 0 Å². The summed E-state index contributed by atoms with van der Waals surface area (Å²) in [6, 6.07) is -0.000996. The third-order valence-corrected chi connectivity index (χ3v) is 3.56. The van der Waals surface area contributed by atoms with Gasteiger partial charge in [0, 0.05) is 18.5 Å². The average Bonchev–Trinajstić information content (AvgIpc) is 2.38. The van der Waals surface area contributed by atoms with E-state index in [1.54, 1.807) is 0 Å². The molecule has 5 nitrogen and oxygen atoms in total. The number of nitrogens with zero attached hydrogens (tertiary/aromatic N) is 1. The number of likely N-dealkylation sites (tertiary alicyclic amines) is 1. The van der Waals surface area contributed by atoms with Gasteiger partial charge in [0.05, 0.1) is 13.5 Å². The van der Waals surface area contributed by atoms with E-state index in [2.05, 4.69) is 0 Å². The predicted molar refractivity (Wildman–Crippen MR) is 68.8 cm³/mol. The summed E-state index contributed by atoms with van der Waals surface area (Å²) in [6.07, 6.45) is 3.96. The van der Waals surface area contributed by atoms with E-state index >= 15 is 0 Å². The van der Waals surface area contributed by atoms with E-state index in [1.165, 1.54) is 7.11 Å². The second-order valence-corrected chi connectivity index (χ2v) is 4.94. The average molecular weight is 256 g/mol. The Morgan fingerprint density at radius 3 is 2.78 bits per heavy atom. The largest absolute Gasteiger partial charge is 0.469 e. The van der Waals surface area contributed by atoms with Crippen LogP contribution in [-0.4, -0.2) is 43.0 Å². The number of nitrogens with two attached hydrogens (primary N) is 1. The molecule has 0 radical (unpaired) electrons. The zero-order valence-electron chi connectivity index (χ0n) is 11.4. The van der Waals surface area contributed by atoms with E-state index in [-0.39, 0.29) is 23.8 Å². The first-order valence-corrected chi connectivity index (χ1v) is 6.67. The van der Waals surface area contributed by atoms with Gasteiger partial charge >= 0.3 is 5.97 Å². The number of hydrogen-bond acceptors (Lipinski definition) is 4. The van der Waals surface area contributed by atoms with Crippen LogP contribution in [0.15, 0.2) is 0 Å². The zero-order chi connectivity index (χ0) is 13.5. The highest BCUT2D eigenvalue weighted by Crippen LogP contribution is 2.22. The Labute approximate surface area is 109 Å². The highest BCUT2D eigenvalue weighted by atomic mass is 16.5. The van der Waals surface area contributed by atoms with Crippen LogP contribution in [0, 0.1) is 5.92 Å². The molecule has 1 rings (SSSR count). The SMILES string of the molecule is COC(=O)CC1CCCCN1C(=O)C(C)CCN. The van der Waals surface area contributed by atoms with Crippen LogP contribution in [0.4, 0.5) is 0 Å². The smallest absolute Gasteiger partial charge is 0.307 e. The molecule has 18 heavy (non-hydrogen) atoms. The molecule has 1 amide bonds. The molecule has 0 spiro atoms. The fraction of sp³-hybridized carbons (Fsp3) is 0.846. The van der Waals surface area contributed by atoms with Gasteiger partial charge in [0.1, 0.15) is 0 Å². The Morgan fingerprint density at radius 2 is 2.17 bits per heavy atom. The van der Waals surface area contributed by atoms with Gasteiger partial charge in [0.25, 0.3) is 0 Å². The van der Waals surface area contributed by atoms with E-state index in [1.807, 2.05) is 11.8 Å². The highest BCUT2D eigenvalue weighted by Gasteiger charge is 2.30. The van der Waals surface area contributed by atoms with Gasteiger partial charge in [-0.15, -0.1) is 0 Å². The van der Waals surface area contributed by atoms with Crippen LogP contribution in [0.5, 0.6) is 0 Å². The number of rotatable bonds is 5. The van der Waals surface area contributed by atoms with Crippen molar-refractivity contribution in [2.75, 3.05) is 20.2 Å². The van der Waals surface area contributed by atoms with Crippen molar-refractivity contribution in [2.45, 2.75) is 45.1 Å². The number of ether oxygens (including phenoxy) is 1. The van der Waals surface area contributed by atoms with Crippen molar-refractivity contribution in [3.8, 4) is 0 Å². The lowest BCUT2D eigenvalue weighted by Gasteiger charge is -2.36. The molecule has 2 atom stereocenters.